The highest BCUT2D eigenvalue weighted by Crippen LogP contribution is 2.31. The topological polar surface area (TPSA) is 66.8 Å². The highest BCUT2D eigenvalue weighted by Gasteiger charge is 2.31. The number of amides is 2. The van der Waals surface area contributed by atoms with Crippen molar-refractivity contribution < 1.29 is 14.3 Å². The standard InChI is InChI=1S/C21H32N4O3/c1-23-8-2-3-19(23)21(27)22-11-18-14-25(20(26)15-28-18)13-17-6-9-24(10-7-17)12-16-4-5-16/h2-3,8,16-18H,4-7,9-15H2,1H3,(H,22,27). The largest absolute Gasteiger partial charge is 0.365 e. The van der Waals surface area contributed by atoms with Crippen LogP contribution < -0.4 is 5.32 Å². The SMILES string of the molecule is Cn1cccc1C(=O)NCC1CN(CC2CCN(CC3CC3)CC2)C(=O)CO1. The van der Waals surface area contributed by atoms with E-state index in [4.69, 9.17) is 4.74 Å². The average molecular weight is 389 g/mol. The van der Waals surface area contributed by atoms with Crippen molar-refractivity contribution in [3.63, 3.8) is 0 Å². The van der Waals surface area contributed by atoms with Crippen molar-refractivity contribution in [2.45, 2.75) is 31.8 Å². The molecule has 0 bridgehead atoms. The summed E-state index contributed by atoms with van der Waals surface area (Å²) >= 11 is 0. The summed E-state index contributed by atoms with van der Waals surface area (Å²) in [5.74, 6) is 1.49. The van der Waals surface area contributed by atoms with Crippen molar-refractivity contribution >= 4 is 11.8 Å². The lowest BCUT2D eigenvalue weighted by atomic mass is 9.95. The van der Waals surface area contributed by atoms with Crippen LogP contribution in [0.2, 0.25) is 0 Å². The predicted molar refractivity (Wildman–Crippen MR) is 106 cm³/mol. The van der Waals surface area contributed by atoms with E-state index in [0.29, 0.717) is 24.7 Å². The molecule has 4 rings (SSSR count). The Morgan fingerprint density at radius 2 is 1.93 bits per heavy atom. The second-order valence-corrected chi connectivity index (χ2v) is 8.63. The van der Waals surface area contributed by atoms with Gasteiger partial charge in [0.15, 0.2) is 0 Å². The van der Waals surface area contributed by atoms with Crippen molar-refractivity contribution in [3.8, 4) is 0 Å². The number of nitrogens with one attached hydrogen (secondary N) is 1. The summed E-state index contributed by atoms with van der Waals surface area (Å²) < 4.78 is 7.45. The zero-order chi connectivity index (χ0) is 19.5. The highest BCUT2D eigenvalue weighted by atomic mass is 16.5. The summed E-state index contributed by atoms with van der Waals surface area (Å²) in [6.07, 6.45) is 6.87. The van der Waals surface area contributed by atoms with E-state index in [2.05, 4.69) is 10.2 Å². The second-order valence-electron chi connectivity index (χ2n) is 8.63. The summed E-state index contributed by atoms with van der Waals surface area (Å²) in [5.41, 5.74) is 0.627. The number of rotatable bonds is 7. The molecular weight excluding hydrogens is 356 g/mol. The van der Waals surface area contributed by atoms with Gasteiger partial charge in [-0.05, 0) is 62.7 Å². The fourth-order valence-corrected chi connectivity index (χ4v) is 4.30. The normalized spacial score (nSPS) is 24.5. The van der Waals surface area contributed by atoms with E-state index in [9.17, 15) is 9.59 Å². The van der Waals surface area contributed by atoms with Crippen LogP contribution in [-0.2, 0) is 16.6 Å². The molecule has 3 heterocycles. The van der Waals surface area contributed by atoms with E-state index in [0.717, 1.165) is 25.6 Å². The molecule has 0 spiro atoms. The van der Waals surface area contributed by atoms with Crippen LogP contribution >= 0.6 is 0 Å². The smallest absolute Gasteiger partial charge is 0.267 e. The number of piperidine rings is 1. The lowest BCUT2D eigenvalue weighted by Crippen LogP contribution is -2.52. The molecule has 154 valence electrons. The summed E-state index contributed by atoms with van der Waals surface area (Å²) in [4.78, 5) is 29.1. The number of hydrogen-bond donors (Lipinski definition) is 1. The first-order valence-electron chi connectivity index (χ1n) is 10.6. The molecule has 2 saturated heterocycles. The van der Waals surface area contributed by atoms with Gasteiger partial charge in [0.25, 0.3) is 5.91 Å². The van der Waals surface area contributed by atoms with Gasteiger partial charge in [-0.25, -0.2) is 0 Å². The van der Waals surface area contributed by atoms with Crippen molar-refractivity contribution in [1.29, 1.82) is 0 Å². The fraction of sp³-hybridized carbons (Fsp3) is 0.714. The molecule has 1 saturated carbocycles. The van der Waals surface area contributed by atoms with E-state index < -0.39 is 0 Å². The Balaban J connectivity index is 1.21. The third-order valence-electron chi connectivity index (χ3n) is 6.28. The van der Waals surface area contributed by atoms with E-state index in [1.807, 2.05) is 24.2 Å². The maximum Gasteiger partial charge on any atom is 0.267 e. The van der Waals surface area contributed by atoms with Gasteiger partial charge in [-0.15, -0.1) is 0 Å². The van der Waals surface area contributed by atoms with Crippen LogP contribution in [0.15, 0.2) is 18.3 Å². The van der Waals surface area contributed by atoms with Crippen molar-refractivity contribution in [3.05, 3.63) is 24.0 Å². The molecule has 7 heteroatoms. The minimum atomic E-state index is -0.142. The number of carbonyl (C=O) groups excluding carboxylic acids is 2. The van der Waals surface area contributed by atoms with Crippen LogP contribution in [0.5, 0.6) is 0 Å². The minimum Gasteiger partial charge on any atom is -0.365 e. The highest BCUT2D eigenvalue weighted by molar-refractivity contribution is 5.92. The first-order chi connectivity index (χ1) is 13.6. The maximum absolute atomic E-state index is 12.3. The molecule has 3 aliphatic rings. The fourth-order valence-electron chi connectivity index (χ4n) is 4.30. The Morgan fingerprint density at radius 3 is 2.61 bits per heavy atom. The molecule has 1 atom stereocenters. The molecule has 3 fully saturated rings. The first-order valence-corrected chi connectivity index (χ1v) is 10.6. The van der Waals surface area contributed by atoms with Gasteiger partial charge in [-0.2, -0.15) is 0 Å². The van der Waals surface area contributed by atoms with Gasteiger partial charge in [-0.1, -0.05) is 0 Å². The number of aryl methyl sites for hydroxylation is 1. The lowest BCUT2D eigenvalue weighted by Gasteiger charge is -2.38. The monoisotopic (exact) mass is 388 g/mol. The summed E-state index contributed by atoms with van der Waals surface area (Å²) in [5, 5.41) is 2.94. The Hall–Kier alpha value is -1.86. The molecule has 1 N–H and O–H groups in total. The molecule has 1 aliphatic carbocycles. The number of carbonyl (C=O) groups is 2. The van der Waals surface area contributed by atoms with Gasteiger partial charge in [-0.3, -0.25) is 9.59 Å². The van der Waals surface area contributed by atoms with Gasteiger partial charge in [0, 0.05) is 39.4 Å². The Kier molecular flexibility index (Phi) is 6.01. The molecule has 1 aromatic heterocycles. The van der Waals surface area contributed by atoms with E-state index >= 15 is 0 Å². The summed E-state index contributed by atoms with van der Waals surface area (Å²) in [7, 11) is 1.85. The van der Waals surface area contributed by atoms with Crippen LogP contribution in [0.3, 0.4) is 0 Å². The van der Waals surface area contributed by atoms with Gasteiger partial charge in [0.05, 0.1) is 6.10 Å². The number of likely N-dealkylation sites (tertiary alicyclic amines) is 1. The van der Waals surface area contributed by atoms with E-state index in [1.165, 1.54) is 32.2 Å². The molecule has 7 nitrogen and oxygen atoms in total. The summed E-state index contributed by atoms with van der Waals surface area (Å²) in [6, 6.07) is 3.64. The van der Waals surface area contributed by atoms with E-state index in [1.54, 1.807) is 10.6 Å². The molecule has 0 aromatic carbocycles. The number of ether oxygens (including phenoxy) is 1. The number of aromatic nitrogens is 1. The molecule has 28 heavy (non-hydrogen) atoms. The molecule has 0 radical (unpaired) electrons. The van der Waals surface area contributed by atoms with Crippen LogP contribution in [0.1, 0.15) is 36.2 Å². The average Bonchev–Trinajstić information content (AvgIpc) is 3.41. The van der Waals surface area contributed by atoms with Gasteiger partial charge in [0.2, 0.25) is 5.91 Å². The lowest BCUT2D eigenvalue weighted by molar-refractivity contribution is -0.149. The van der Waals surface area contributed by atoms with E-state index in [-0.39, 0.29) is 24.5 Å². The second kappa shape index (κ2) is 8.66. The number of nitrogens with zero attached hydrogens (tertiary/aromatic N) is 3. The minimum absolute atomic E-state index is 0.0745. The molecule has 2 amide bonds. The zero-order valence-corrected chi connectivity index (χ0v) is 16.8. The summed E-state index contributed by atoms with van der Waals surface area (Å²) in [6.45, 7) is 5.52. The first kappa shape index (κ1) is 19.5. The number of hydrogen-bond acceptors (Lipinski definition) is 4. The van der Waals surface area contributed by atoms with Gasteiger partial charge in [0.1, 0.15) is 12.3 Å². The quantitative estimate of drug-likeness (QED) is 0.760. The van der Waals surface area contributed by atoms with Crippen molar-refractivity contribution in [2.75, 3.05) is 45.9 Å². The third kappa shape index (κ3) is 4.94. The third-order valence-corrected chi connectivity index (χ3v) is 6.28. The Morgan fingerprint density at radius 1 is 1.18 bits per heavy atom. The van der Waals surface area contributed by atoms with Crippen molar-refractivity contribution in [1.82, 2.24) is 19.7 Å². The van der Waals surface area contributed by atoms with Crippen molar-refractivity contribution in [2.24, 2.45) is 18.9 Å². The maximum atomic E-state index is 12.3. The molecule has 2 aliphatic heterocycles. The van der Waals surface area contributed by atoms with Crippen LogP contribution in [0.25, 0.3) is 0 Å². The van der Waals surface area contributed by atoms with Crippen LogP contribution in [0, 0.1) is 11.8 Å². The Bertz CT molecular complexity index is 692. The zero-order valence-electron chi connectivity index (χ0n) is 16.8. The molecule has 1 aromatic rings. The van der Waals surface area contributed by atoms with Gasteiger partial charge < -0.3 is 24.4 Å². The van der Waals surface area contributed by atoms with Crippen LogP contribution in [0.4, 0.5) is 0 Å². The van der Waals surface area contributed by atoms with Crippen LogP contribution in [-0.4, -0.2) is 78.2 Å². The number of morpholine rings is 1. The van der Waals surface area contributed by atoms with Gasteiger partial charge >= 0.3 is 0 Å². The Labute approximate surface area is 167 Å². The molecule has 1 unspecified atom stereocenters. The predicted octanol–water partition coefficient (Wildman–Crippen LogP) is 1.10. The molecular formula is C21H32N4O3.